The van der Waals surface area contributed by atoms with Gasteiger partial charge in [0, 0.05) is 33.2 Å². The van der Waals surface area contributed by atoms with Crippen molar-refractivity contribution >= 4 is 22.7 Å². The molecule has 1 saturated heterocycles. The molecule has 134 valence electrons. The van der Waals surface area contributed by atoms with Crippen molar-refractivity contribution in [2.75, 3.05) is 50.6 Å². The first kappa shape index (κ1) is 17.0. The standard InChI is InChI=1S/C16H19FN4O4/c1-18-21-9-14(25-16(23)24)15(22)10-7-11(17)13(8-12(10)21)20-5-3-19(2)4-6-20/h7-9,18H,3-6H2,1-2H3,(H,23,24). The summed E-state index contributed by atoms with van der Waals surface area (Å²) in [6, 6.07) is 2.73. The zero-order valence-electron chi connectivity index (χ0n) is 14.0. The average molecular weight is 350 g/mol. The van der Waals surface area contributed by atoms with Gasteiger partial charge in [-0.2, -0.15) is 0 Å². The lowest BCUT2D eigenvalue weighted by Gasteiger charge is -2.34. The molecular formula is C16H19FN4O4. The van der Waals surface area contributed by atoms with E-state index in [1.54, 1.807) is 13.1 Å². The van der Waals surface area contributed by atoms with Crippen molar-refractivity contribution in [1.82, 2.24) is 9.58 Å². The number of hydrogen-bond acceptors (Lipinski definition) is 6. The van der Waals surface area contributed by atoms with Crippen LogP contribution >= 0.6 is 0 Å². The summed E-state index contributed by atoms with van der Waals surface area (Å²) < 4.78 is 20.6. The first-order valence-electron chi connectivity index (χ1n) is 7.81. The van der Waals surface area contributed by atoms with Crippen molar-refractivity contribution < 1.29 is 19.0 Å². The largest absolute Gasteiger partial charge is 0.511 e. The maximum atomic E-state index is 14.6. The fourth-order valence-electron chi connectivity index (χ4n) is 2.95. The van der Waals surface area contributed by atoms with Crippen molar-refractivity contribution in [2.45, 2.75) is 0 Å². The maximum Gasteiger partial charge on any atom is 0.511 e. The topological polar surface area (TPSA) is 87.0 Å². The van der Waals surface area contributed by atoms with E-state index < -0.39 is 17.4 Å². The van der Waals surface area contributed by atoms with E-state index in [1.807, 2.05) is 11.9 Å². The van der Waals surface area contributed by atoms with Gasteiger partial charge < -0.3 is 25.1 Å². The number of fused-ring (bicyclic) bond motifs is 1. The quantitative estimate of drug-likeness (QED) is 0.802. The van der Waals surface area contributed by atoms with Crippen LogP contribution in [-0.4, -0.2) is 61.1 Å². The molecule has 2 aromatic rings. The van der Waals surface area contributed by atoms with E-state index in [9.17, 15) is 14.0 Å². The summed E-state index contributed by atoms with van der Waals surface area (Å²) in [6.07, 6.45) is -0.363. The van der Waals surface area contributed by atoms with Gasteiger partial charge in [-0.25, -0.2) is 9.18 Å². The molecule has 2 heterocycles. The highest BCUT2D eigenvalue weighted by molar-refractivity contribution is 5.85. The summed E-state index contributed by atoms with van der Waals surface area (Å²) in [4.78, 5) is 27.2. The number of aromatic nitrogens is 1. The second-order valence-corrected chi connectivity index (χ2v) is 5.90. The number of benzene rings is 1. The number of pyridine rings is 1. The molecule has 0 bridgehead atoms. The first-order valence-corrected chi connectivity index (χ1v) is 7.81. The molecule has 0 spiro atoms. The Bertz CT molecular complexity index is 875. The van der Waals surface area contributed by atoms with Gasteiger partial charge in [0.15, 0.2) is 0 Å². The summed E-state index contributed by atoms with van der Waals surface area (Å²) in [7, 11) is 3.62. The molecule has 0 aliphatic carbocycles. The van der Waals surface area contributed by atoms with E-state index in [-0.39, 0.29) is 11.1 Å². The minimum Gasteiger partial charge on any atom is -0.449 e. The van der Waals surface area contributed by atoms with Gasteiger partial charge in [0.25, 0.3) is 0 Å². The van der Waals surface area contributed by atoms with Crippen LogP contribution in [0.5, 0.6) is 5.75 Å². The monoisotopic (exact) mass is 350 g/mol. The Morgan fingerprint density at radius 3 is 2.56 bits per heavy atom. The maximum absolute atomic E-state index is 14.6. The van der Waals surface area contributed by atoms with Gasteiger partial charge in [-0.1, -0.05) is 0 Å². The first-order chi connectivity index (χ1) is 11.9. The van der Waals surface area contributed by atoms with E-state index in [0.717, 1.165) is 19.2 Å². The zero-order valence-corrected chi connectivity index (χ0v) is 14.0. The number of rotatable bonds is 3. The minimum atomic E-state index is -1.60. The second-order valence-electron chi connectivity index (χ2n) is 5.90. The number of carboxylic acid groups (broad SMARTS) is 1. The fraction of sp³-hybridized carbons (Fsp3) is 0.375. The molecule has 9 heteroatoms. The van der Waals surface area contributed by atoms with Crippen molar-refractivity contribution in [2.24, 2.45) is 0 Å². The van der Waals surface area contributed by atoms with Crippen molar-refractivity contribution in [3.8, 4) is 5.75 Å². The van der Waals surface area contributed by atoms with Crippen LogP contribution < -0.4 is 20.5 Å². The SMILES string of the molecule is CNn1cc(OC(=O)O)c(=O)c2cc(F)c(N3CCN(C)CC3)cc21. The number of nitrogens with zero attached hydrogens (tertiary/aromatic N) is 3. The van der Waals surface area contributed by atoms with Crippen molar-refractivity contribution in [1.29, 1.82) is 0 Å². The summed E-state index contributed by atoms with van der Waals surface area (Å²) in [5, 5.41) is 8.79. The molecule has 2 N–H and O–H groups in total. The second kappa shape index (κ2) is 6.60. The fourth-order valence-corrected chi connectivity index (χ4v) is 2.95. The molecule has 1 aliphatic heterocycles. The Balaban J connectivity index is 2.13. The van der Waals surface area contributed by atoms with Crippen LogP contribution in [0.1, 0.15) is 0 Å². The Morgan fingerprint density at radius 1 is 1.28 bits per heavy atom. The number of hydrogen-bond donors (Lipinski definition) is 2. The molecule has 0 amide bonds. The average Bonchev–Trinajstić information content (AvgIpc) is 2.58. The summed E-state index contributed by atoms with van der Waals surface area (Å²) in [5.41, 5.74) is 3.01. The van der Waals surface area contributed by atoms with Gasteiger partial charge in [-0.05, 0) is 19.2 Å². The smallest absolute Gasteiger partial charge is 0.449 e. The Labute approximate surface area is 143 Å². The van der Waals surface area contributed by atoms with Crippen LogP contribution in [0, 0.1) is 5.82 Å². The van der Waals surface area contributed by atoms with E-state index >= 15 is 0 Å². The highest BCUT2D eigenvalue weighted by Gasteiger charge is 2.21. The van der Waals surface area contributed by atoms with Crippen LogP contribution in [0.4, 0.5) is 14.9 Å². The lowest BCUT2D eigenvalue weighted by atomic mass is 10.1. The molecule has 25 heavy (non-hydrogen) atoms. The predicted octanol–water partition coefficient (Wildman–Crippen LogP) is 1.12. The van der Waals surface area contributed by atoms with Crippen molar-refractivity contribution in [3.63, 3.8) is 0 Å². The molecule has 1 aliphatic rings. The van der Waals surface area contributed by atoms with Crippen LogP contribution in [0.3, 0.4) is 0 Å². The third-order valence-corrected chi connectivity index (χ3v) is 4.32. The van der Waals surface area contributed by atoms with Crippen LogP contribution in [-0.2, 0) is 0 Å². The molecule has 1 aromatic heterocycles. The van der Waals surface area contributed by atoms with E-state index in [2.05, 4.69) is 15.1 Å². The molecule has 0 saturated carbocycles. The Hall–Kier alpha value is -2.81. The minimum absolute atomic E-state index is 0.0449. The molecular weight excluding hydrogens is 331 g/mol. The van der Waals surface area contributed by atoms with Crippen LogP contribution in [0.15, 0.2) is 23.1 Å². The molecule has 8 nitrogen and oxygen atoms in total. The van der Waals surface area contributed by atoms with Gasteiger partial charge >= 0.3 is 6.16 Å². The highest BCUT2D eigenvalue weighted by atomic mass is 19.1. The van der Waals surface area contributed by atoms with Gasteiger partial charge in [0.2, 0.25) is 11.2 Å². The van der Waals surface area contributed by atoms with Crippen LogP contribution in [0.2, 0.25) is 0 Å². The number of nitrogens with one attached hydrogen (secondary N) is 1. The molecule has 3 rings (SSSR count). The van der Waals surface area contributed by atoms with Crippen LogP contribution in [0.25, 0.3) is 10.9 Å². The molecule has 1 aromatic carbocycles. The number of anilines is 1. The Morgan fingerprint density at radius 2 is 1.96 bits per heavy atom. The summed E-state index contributed by atoms with van der Waals surface area (Å²) >= 11 is 0. The summed E-state index contributed by atoms with van der Waals surface area (Å²) in [6.45, 7) is 3.01. The number of carbonyl (C=O) groups is 1. The normalized spacial score (nSPS) is 15.4. The third-order valence-electron chi connectivity index (χ3n) is 4.32. The number of piperazine rings is 1. The predicted molar refractivity (Wildman–Crippen MR) is 91.8 cm³/mol. The molecule has 0 atom stereocenters. The van der Waals surface area contributed by atoms with Gasteiger partial charge in [-0.15, -0.1) is 0 Å². The summed E-state index contributed by atoms with van der Waals surface area (Å²) in [5.74, 6) is -0.912. The number of likely N-dealkylation sites (N-methyl/N-ethyl adjacent to an activating group) is 1. The van der Waals surface area contributed by atoms with Gasteiger partial charge in [-0.3, -0.25) is 9.47 Å². The number of ether oxygens (including phenoxy) is 1. The third kappa shape index (κ3) is 3.22. The van der Waals surface area contributed by atoms with Gasteiger partial charge in [0.1, 0.15) is 5.82 Å². The molecule has 1 fully saturated rings. The van der Waals surface area contributed by atoms with Gasteiger partial charge in [0.05, 0.1) is 22.8 Å². The lowest BCUT2D eigenvalue weighted by Crippen LogP contribution is -2.44. The lowest BCUT2D eigenvalue weighted by molar-refractivity contribution is 0.144. The molecule has 0 radical (unpaired) electrons. The molecule has 0 unspecified atom stereocenters. The van der Waals surface area contributed by atoms with E-state index in [0.29, 0.717) is 24.3 Å². The highest BCUT2D eigenvalue weighted by Crippen LogP contribution is 2.26. The van der Waals surface area contributed by atoms with Crippen molar-refractivity contribution in [3.05, 3.63) is 34.4 Å². The van der Waals surface area contributed by atoms with E-state index in [4.69, 9.17) is 5.11 Å². The number of halogens is 1. The van der Waals surface area contributed by atoms with E-state index in [1.165, 1.54) is 10.9 Å². The zero-order chi connectivity index (χ0) is 18.1. The Kier molecular flexibility index (Phi) is 4.49.